The number of halogens is 3. The van der Waals surface area contributed by atoms with Crippen LogP contribution in [0, 0.1) is 6.92 Å². The van der Waals surface area contributed by atoms with E-state index in [0.717, 1.165) is 29.7 Å². The Morgan fingerprint density at radius 3 is 2.73 bits per heavy atom. The van der Waals surface area contributed by atoms with E-state index in [1.54, 1.807) is 24.4 Å². The number of anilines is 2. The number of alkyl halides is 3. The number of fused-ring (bicyclic) bond motifs is 1. The van der Waals surface area contributed by atoms with Gasteiger partial charge in [0.05, 0.1) is 49.6 Å². The summed E-state index contributed by atoms with van der Waals surface area (Å²) in [6.07, 6.45) is -0.301. The molecule has 1 aliphatic rings. The Bertz CT molecular complexity index is 1160. The molecule has 13 heteroatoms. The molecule has 10 nitrogen and oxygen atoms in total. The molecule has 4 heterocycles. The lowest BCUT2D eigenvalue weighted by Gasteiger charge is -2.27. The van der Waals surface area contributed by atoms with Crippen molar-refractivity contribution in [3.8, 4) is 0 Å². The predicted molar refractivity (Wildman–Crippen MR) is 113 cm³/mol. The zero-order valence-corrected chi connectivity index (χ0v) is 18.1. The summed E-state index contributed by atoms with van der Waals surface area (Å²) in [5.41, 5.74) is -0.285. The van der Waals surface area contributed by atoms with E-state index < -0.39 is 29.0 Å². The SMILES string of the molecule is Cc1cnc(N2CCn3nc(COC[C@H](C)Nc4cn[nH]c(=O)c4C(F)(F)F)cc3C2)nc1. The molecular weight excluding hydrogens is 441 g/mol. The van der Waals surface area contributed by atoms with Gasteiger partial charge in [0.2, 0.25) is 5.95 Å². The van der Waals surface area contributed by atoms with Gasteiger partial charge >= 0.3 is 6.18 Å². The number of aryl methyl sites for hydroxylation is 1. The van der Waals surface area contributed by atoms with Gasteiger partial charge in [0.25, 0.3) is 5.56 Å². The van der Waals surface area contributed by atoms with Gasteiger partial charge < -0.3 is 15.0 Å². The van der Waals surface area contributed by atoms with Crippen LogP contribution in [0.2, 0.25) is 0 Å². The third kappa shape index (κ3) is 5.30. The molecule has 3 aromatic heterocycles. The van der Waals surface area contributed by atoms with E-state index in [-0.39, 0.29) is 13.2 Å². The number of aromatic amines is 1. The van der Waals surface area contributed by atoms with E-state index >= 15 is 0 Å². The standard InChI is InChI=1S/C20H23F3N8O2/c1-12-6-24-19(25-7-12)30-3-4-31-15(9-30)5-14(29-31)11-33-10-13(2)27-16-8-26-28-18(32)17(16)20(21,22)23/h5-8,13H,3-4,9-11H2,1-2H3,(H2,27,28,32)/t13-/m0/s1. The Labute approximate surface area is 186 Å². The van der Waals surface area contributed by atoms with Crippen LogP contribution in [0.3, 0.4) is 0 Å². The van der Waals surface area contributed by atoms with Crippen LogP contribution < -0.4 is 15.8 Å². The third-order valence-electron chi connectivity index (χ3n) is 5.06. The molecule has 4 rings (SSSR count). The van der Waals surface area contributed by atoms with Crippen molar-refractivity contribution in [3.05, 3.63) is 57.5 Å². The number of aromatic nitrogens is 6. The van der Waals surface area contributed by atoms with Crippen LogP contribution in [-0.4, -0.2) is 49.1 Å². The van der Waals surface area contributed by atoms with Crippen molar-refractivity contribution in [3.63, 3.8) is 0 Å². The number of H-pyrrole nitrogens is 1. The van der Waals surface area contributed by atoms with Gasteiger partial charge in [0.1, 0.15) is 5.56 Å². The second-order valence-electron chi connectivity index (χ2n) is 7.88. The highest BCUT2D eigenvalue weighted by atomic mass is 19.4. The molecule has 176 valence electrons. The number of hydrogen-bond acceptors (Lipinski definition) is 8. The first-order chi connectivity index (χ1) is 15.7. The van der Waals surface area contributed by atoms with Gasteiger partial charge in [0, 0.05) is 25.0 Å². The monoisotopic (exact) mass is 464 g/mol. The molecule has 1 aliphatic heterocycles. The molecular formula is C20H23F3N8O2. The van der Waals surface area contributed by atoms with Crippen LogP contribution in [-0.2, 0) is 30.6 Å². The Balaban J connectivity index is 1.32. The maximum atomic E-state index is 13.2. The van der Waals surface area contributed by atoms with E-state index in [4.69, 9.17) is 4.74 Å². The summed E-state index contributed by atoms with van der Waals surface area (Å²) in [7, 11) is 0. The maximum absolute atomic E-state index is 13.2. The fourth-order valence-electron chi connectivity index (χ4n) is 3.55. The van der Waals surface area contributed by atoms with Gasteiger partial charge in [-0.2, -0.15) is 23.4 Å². The summed E-state index contributed by atoms with van der Waals surface area (Å²) in [6, 6.07) is 1.43. The number of hydrogen-bond donors (Lipinski definition) is 2. The minimum absolute atomic E-state index is 0.107. The Morgan fingerprint density at radius 2 is 2.00 bits per heavy atom. The lowest BCUT2D eigenvalue weighted by atomic mass is 10.2. The average molecular weight is 464 g/mol. The smallest absolute Gasteiger partial charge is 0.378 e. The maximum Gasteiger partial charge on any atom is 0.423 e. The molecule has 0 saturated heterocycles. The lowest BCUT2D eigenvalue weighted by Crippen LogP contribution is -2.34. The summed E-state index contributed by atoms with van der Waals surface area (Å²) < 4.78 is 47.0. The molecule has 0 unspecified atom stereocenters. The second kappa shape index (κ2) is 9.17. The molecule has 2 N–H and O–H groups in total. The summed E-state index contributed by atoms with van der Waals surface area (Å²) in [5.74, 6) is 0.665. The normalized spacial score (nSPS) is 14.8. The molecule has 3 aromatic rings. The average Bonchev–Trinajstić information content (AvgIpc) is 3.15. The van der Waals surface area contributed by atoms with Gasteiger partial charge in [-0.05, 0) is 25.5 Å². The largest absolute Gasteiger partial charge is 0.423 e. The summed E-state index contributed by atoms with van der Waals surface area (Å²) in [4.78, 5) is 22.4. The van der Waals surface area contributed by atoms with Crippen LogP contribution in [0.4, 0.5) is 24.8 Å². The summed E-state index contributed by atoms with van der Waals surface area (Å²) in [6.45, 7) is 5.92. The number of nitrogens with zero attached hydrogens (tertiary/aromatic N) is 6. The fourth-order valence-corrected chi connectivity index (χ4v) is 3.55. The highest BCUT2D eigenvalue weighted by molar-refractivity contribution is 5.50. The van der Waals surface area contributed by atoms with Gasteiger partial charge in [-0.25, -0.2) is 15.1 Å². The van der Waals surface area contributed by atoms with Crippen molar-refractivity contribution in [2.45, 2.75) is 45.8 Å². The molecule has 0 fully saturated rings. The molecule has 33 heavy (non-hydrogen) atoms. The number of nitrogens with one attached hydrogen (secondary N) is 2. The first kappa shape index (κ1) is 22.7. The van der Waals surface area contributed by atoms with E-state index in [1.807, 2.05) is 17.7 Å². The van der Waals surface area contributed by atoms with Crippen molar-refractivity contribution in [1.29, 1.82) is 0 Å². The van der Waals surface area contributed by atoms with Crippen LogP contribution in [0.1, 0.15) is 29.4 Å². The molecule has 0 spiro atoms. The molecule has 0 amide bonds. The van der Waals surface area contributed by atoms with Gasteiger partial charge in [-0.3, -0.25) is 9.48 Å². The van der Waals surface area contributed by atoms with Crippen LogP contribution in [0.15, 0.2) is 29.5 Å². The van der Waals surface area contributed by atoms with Gasteiger partial charge in [-0.1, -0.05) is 0 Å². The first-order valence-electron chi connectivity index (χ1n) is 10.3. The summed E-state index contributed by atoms with van der Waals surface area (Å²) in [5, 5.41) is 12.4. The van der Waals surface area contributed by atoms with E-state index in [1.165, 1.54) is 0 Å². The molecule has 0 aliphatic carbocycles. The number of ether oxygens (including phenoxy) is 1. The van der Waals surface area contributed by atoms with Crippen molar-refractivity contribution < 1.29 is 17.9 Å². The van der Waals surface area contributed by atoms with Crippen LogP contribution in [0.25, 0.3) is 0 Å². The predicted octanol–water partition coefficient (Wildman–Crippen LogP) is 2.12. The van der Waals surface area contributed by atoms with E-state index in [9.17, 15) is 18.0 Å². The molecule has 0 saturated carbocycles. The first-order valence-corrected chi connectivity index (χ1v) is 10.3. The Hall–Kier alpha value is -3.48. The van der Waals surface area contributed by atoms with Crippen molar-refractivity contribution in [1.82, 2.24) is 29.9 Å². The van der Waals surface area contributed by atoms with Crippen molar-refractivity contribution >= 4 is 11.6 Å². The van der Waals surface area contributed by atoms with Gasteiger partial charge in [0.15, 0.2) is 0 Å². The Kier molecular flexibility index (Phi) is 6.31. The van der Waals surface area contributed by atoms with Crippen molar-refractivity contribution in [2.75, 3.05) is 23.4 Å². The summed E-state index contributed by atoms with van der Waals surface area (Å²) >= 11 is 0. The minimum Gasteiger partial charge on any atom is -0.378 e. The topological polar surface area (TPSA) is 114 Å². The molecule has 0 aromatic carbocycles. The Morgan fingerprint density at radius 1 is 1.24 bits per heavy atom. The molecule has 1 atom stereocenters. The highest BCUT2D eigenvalue weighted by Gasteiger charge is 2.37. The van der Waals surface area contributed by atoms with E-state index in [0.29, 0.717) is 19.0 Å². The van der Waals surface area contributed by atoms with Crippen LogP contribution in [0.5, 0.6) is 0 Å². The minimum atomic E-state index is -4.80. The lowest BCUT2D eigenvalue weighted by molar-refractivity contribution is -0.138. The fraction of sp³-hybridized carbons (Fsp3) is 0.450. The van der Waals surface area contributed by atoms with Crippen molar-refractivity contribution in [2.24, 2.45) is 0 Å². The quantitative estimate of drug-likeness (QED) is 0.547. The van der Waals surface area contributed by atoms with E-state index in [2.05, 4.69) is 30.4 Å². The zero-order chi connectivity index (χ0) is 23.6. The van der Waals surface area contributed by atoms with Crippen LogP contribution >= 0.6 is 0 Å². The molecule has 0 radical (unpaired) electrons. The highest BCUT2D eigenvalue weighted by Crippen LogP contribution is 2.31. The number of rotatable bonds is 7. The second-order valence-corrected chi connectivity index (χ2v) is 7.88. The van der Waals surface area contributed by atoms with Gasteiger partial charge in [-0.15, -0.1) is 0 Å². The zero-order valence-electron chi connectivity index (χ0n) is 18.1. The molecule has 0 bridgehead atoms. The third-order valence-corrected chi connectivity index (χ3v) is 5.06.